The second kappa shape index (κ2) is 5.40. The van der Waals surface area contributed by atoms with Crippen molar-refractivity contribution in [2.24, 2.45) is 0 Å². The average molecular weight is 282 g/mol. The van der Waals surface area contributed by atoms with Gasteiger partial charge in [0.05, 0.1) is 30.4 Å². The summed E-state index contributed by atoms with van der Waals surface area (Å²) in [6, 6.07) is 1.70. The Hall–Kier alpha value is -1.89. The quantitative estimate of drug-likeness (QED) is 0.748. The maximum Gasteiger partial charge on any atom is 0.153 e. The summed E-state index contributed by atoms with van der Waals surface area (Å²) in [7, 11) is -3.05. The molecule has 0 aliphatic heterocycles. The molecule has 0 N–H and O–H groups in total. The molecule has 2 aromatic rings. The molecule has 2 rings (SSSR count). The van der Waals surface area contributed by atoms with Crippen LogP contribution in [-0.2, 0) is 16.4 Å². The number of aldehydes is 1. The van der Waals surface area contributed by atoms with Crippen molar-refractivity contribution in [1.82, 2.24) is 9.78 Å². The molecule has 0 fully saturated rings. The summed E-state index contributed by atoms with van der Waals surface area (Å²) in [5, 5.41) is 4.22. The van der Waals surface area contributed by atoms with E-state index in [4.69, 9.17) is 4.42 Å². The van der Waals surface area contributed by atoms with E-state index in [1.54, 1.807) is 19.2 Å². The molecule has 0 unspecified atom stereocenters. The normalized spacial score (nSPS) is 11.6. The topological polar surface area (TPSA) is 82.2 Å². The van der Waals surface area contributed by atoms with Crippen molar-refractivity contribution in [3.8, 4) is 11.3 Å². The van der Waals surface area contributed by atoms with Gasteiger partial charge in [-0.25, -0.2) is 8.42 Å². The molecular formula is C12H14N2O4S. The van der Waals surface area contributed by atoms with Crippen LogP contribution in [0.4, 0.5) is 0 Å². The molecule has 102 valence electrons. The lowest BCUT2D eigenvalue weighted by molar-refractivity contribution is 0.112. The molecular weight excluding hydrogens is 268 g/mol. The number of hydrogen-bond acceptors (Lipinski definition) is 5. The first-order chi connectivity index (χ1) is 9.05. The van der Waals surface area contributed by atoms with E-state index in [9.17, 15) is 13.2 Å². The van der Waals surface area contributed by atoms with E-state index in [0.717, 1.165) is 0 Å². The molecule has 0 amide bonds. The fraction of sp³-hybridized carbons (Fsp3) is 0.333. The van der Waals surface area contributed by atoms with Gasteiger partial charge in [0.2, 0.25) is 0 Å². The third-order valence-electron chi connectivity index (χ3n) is 2.78. The van der Waals surface area contributed by atoms with Gasteiger partial charge in [0.25, 0.3) is 0 Å². The van der Waals surface area contributed by atoms with Crippen molar-refractivity contribution < 1.29 is 17.6 Å². The maximum absolute atomic E-state index is 11.4. The number of aryl methyl sites for hydroxylation is 1. The number of nitrogens with zero attached hydrogens (tertiary/aromatic N) is 2. The van der Waals surface area contributed by atoms with Gasteiger partial charge in [0.1, 0.15) is 5.69 Å². The first-order valence-electron chi connectivity index (χ1n) is 5.81. The first kappa shape index (κ1) is 13.5. The minimum atomic E-state index is -3.05. The summed E-state index contributed by atoms with van der Waals surface area (Å²) in [5.74, 6) is 0.109. The zero-order valence-corrected chi connectivity index (χ0v) is 11.3. The molecule has 19 heavy (non-hydrogen) atoms. The van der Waals surface area contributed by atoms with Crippen LogP contribution in [0.2, 0.25) is 0 Å². The summed E-state index contributed by atoms with van der Waals surface area (Å²) in [4.78, 5) is 11.0. The number of sulfone groups is 1. The van der Waals surface area contributed by atoms with E-state index in [1.807, 2.05) is 0 Å². The Morgan fingerprint density at radius 1 is 1.47 bits per heavy atom. The fourth-order valence-corrected chi connectivity index (χ4v) is 2.39. The molecule has 0 aliphatic carbocycles. The van der Waals surface area contributed by atoms with Crippen molar-refractivity contribution in [2.75, 3.05) is 11.5 Å². The zero-order chi connectivity index (χ0) is 13.9. The highest BCUT2D eigenvalue weighted by Crippen LogP contribution is 2.21. The van der Waals surface area contributed by atoms with Crippen LogP contribution in [0.5, 0.6) is 0 Å². The van der Waals surface area contributed by atoms with Gasteiger partial charge in [-0.15, -0.1) is 0 Å². The maximum atomic E-state index is 11.4. The summed E-state index contributed by atoms with van der Waals surface area (Å²) in [6.07, 6.45) is 5.22. The van der Waals surface area contributed by atoms with Gasteiger partial charge in [-0.05, 0) is 6.07 Å². The predicted molar refractivity (Wildman–Crippen MR) is 69.6 cm³/mol. The highest BCUT2D eigenvalue weighted by Gasteiger charge is 2.13. The second-order valence-electron chi connectivity index (χ2n) is 4.06. The van der Waals surface area contributed by atoms with Crippen molar-refractivity contribution in [1.29, 1.82) is 0 Å². The molecule has 7 heteroatoms. The van der Waals surface area contributed by atoms with Crippen molar-refractivity contribution in [3.63, 3.8) is 0 Å². The molecule has 0 radical (unpaired) electrons. The third-order valence-corrected chi connectivity index (χ3v) is 4.47. The van der Waals surface area contributed by atoms with E-state index in [-0.39, 0.29) is 18.1 Å². The van der Waals surface area contributed by atoms with Crippen LogP contribution in [-0.4, -0.2) is 36.0 Å². The van der Waals surface area contributed by atoms with Crippen molar-refractivity contribution in [2.45, 2.75) is 13.5 Å². The molecule has 0 atom stereocenters. The zero-order valence-electron chi connectivity index (χ0n) is 10.4. The van der Waals surface area contributed by atoms with Crippen LogP contribution >= 0.6 is 0 Å². The van der Waals surface area contributed by atoms with Gasteiger partial charge in [0.15, 0.2) is 16.1 Å². The van der Waals surface area contributed by atoms with Crippen LogP contribution in [0.15, 0.2) is 29.2 Å². The molecule has 2 aromatic heterocycles. The van der Waals surface area contributed by atoms with Gasteiger partial charge in [-0.2, -0.15) is 5.10 Å². The fourth-order valence-electron chi connectivity index (χ4n) is 1.64. The highest BCUT2D eigenvalue weighted by atomic mass is 32.2. The molecule has 0 aromatic carbocycles. The predicted octanol–water partition coefficient (Wildman–Crippen LogP) is 1.39. The van der Waals surface area contributed by atoms with Crippen LogP contribution < -0.4 is 0 Å². The van der Waals surface area contributed by atoms with E-state index in [0.29, 0.717) is 23.1 Å². The molecule has 0 saturated heterocycles. The van der Waals surface area contributed by atoms with Gasteiger partial charge >= 0.3 is 0 Å². The highest BCUT2D eigenvalue weighted by molar-refractivity contribution is 7.91. The lowest BCUT2D eigenvalue weighted by atomic mass is 10.2. The van der Waals surface area contributed by atoms with Gasteiger partial charge in [-0.3, -0.25) is 9.48 Å². The minimum Gasteiger partial charge on any atom is -0.472 e. The average Bonchev–Trinajstić information content (AvgIpc) is 3.05. The Balaban J connectivity index is 2.23. The van der Waals surface area contributed by atoms with Gasteiger partial charge < -0.3 is 4.42 Å². The van der Waals surface area contributed by atoms with E-state index in [2.05, 4.69) is 5.10 Å². The molecule has 2 heterocycles. The van der Waals surface area contributed by atoms with E-state index >= 15 is 0 Å². The summed E-state index contributed by atoms with van der Waals surface area (Å²) in [5.41, 5.74) is 1.60. The number of aromatic nitrogens is 2. The largest absolute Gasteiger partial charge is 0.472 e. The Labute approximate surface area is 111 Å². The van der Waals surface area contributed by atoms with Crippen LogP contribution in [0.1, 0.15) is 17.3 Å². The summed E-state index contributed by atoms with van der Waals surface area (Å²) >= 11 is 0. The summed E-state index contributed by atoms with van der Waals surface area (Å²) in [6.45, 7) is 1.83. The number of hydrogen-bond donors (Lipinski definition) is 0. The van der Waals surface area contributed by atoms with Crippen LogP contribution in [0.3, 0.4) is 0 Å². The summed E-state index contributed by atoms with van der Waals surface area (Å²) < 4.78 is 29.3. The Kier molecular flexibility index (Phi) is 3.84. The second-order valence-corrected chi connectivity index (χ2v) is 6.54. The van der Waals surface area contributed by atoms with Crippen molar-refractivity contribution in [3.05, 3.63) is 30.4 Å². The molecule has 0 aliphatic rings. The molecule has 0 bridgehead atoms. The SMILES string of the molecule is CCS(=O)(=O)CCn1cc(C=O)c(-c2ccoc2)n1. The molecule has 0 saturated carbocycles. The molecule has 0 spiro atoms. The van der Waals surface area contributed by atoms with Crippen molar-refractivity contribution >= 4 is 16.1 Å². The minimum absolute atomic E-state index is 0.00824. The number of rotatable bonds is 6. The Morgan fingerprint density at radius 3 is 2.84 bits per heavy atom. The lowest BCUT2D eigenvalue weighted by Crippen LogP contribution is -2.14. The van der Waals surface area contributed by atoms with E-state index in [1.165, 1.54) is 17.2 Å². The van der Waals surface area contributed by atoms with Gasteiger partial charge in [-0.1, -0.05) is 6.92 Å². The monoisotopic (exact) mass is 282 g/mol. The third kappa shape index (κ3) is 3.11. The van der Waals surface area contributed by atoms with Crippen LogP contribution in [0, 0.1) is 0 Å². The van der Waals surface area contributed by atoms with Crippen LogP contribution in [0.25, 0.3) is 11.3 Å². The number of furan rings is 1. The molecule has 6 nitrogen and oxygen atoms in total. The number of carbonyl (C=O) groups is 1. The standard InChI is InChI=1S/C12H14N2O4S/c1-2-19(16,17)6-4-14-7-11(8-15)12(13-14)10-3-5-18-9-10/h3,5,7-9H,2,4,6H2,1H3. The van der Waals surface area contributed by atoms with Gasteiger partial charge in [0, 0.05) is 17.5 Å². The Bertz CT molecular complexity index is 656. The first-order valence-corrected chi connectivity index (χ1v) is 7.63. The number of carbonyl (C=O) groups excluding carboxylic acids is 1. The lowest BCUT2D eigenvalue weighted by Gasteiger charge is -2.01. The van der Waals surface area contributed by atoms with E-state index < -0.39 is 9.84 Å². The Morgan fingerprint density at radius 2 is 2.26 bits per heavy atom. The smallest absolute Gasteiger partial charge is 0.153 e.